The van der Waals surface area contributed by atoms with Crippen molar-refractivity contribution in [3.05, 3.63) is 58.7 Å². The van der Waals surface area contributed by atoms with Crippen molar-refractivity contribution >= 4 is 41.1 Å². The summed E-state index contributed by atoms with van der Waals surface area (Å²) in [5.41, 5.74) is -8.64. The summed E-state index contributed by atoms with van der Waals surface area (Å²) in [4.78, 5) is 0. The number of rotatable bonds is 2. The predicted molar refractivity (Wildman–Crippen MR) is 89.6 cm³/mol. The molecular formula is C16H6Cl2F12Sn. The van der Waals surface area contributed by atoms with Crippen molar-refractivity contribution in [2.75, 3.05) is 0 Å². The summed E-state index contributed by atoms with van der Waals surface area (Å²) < 4.78 is 157. The molecule has 0 N–H and O–H groups in total. The Labute approximate surface area is 177 Å². The van der Waals surface area contributed by atoms with Crippen LogP contribution in [0.2, 0.25) is 0 Å². The average Bonchev–Trinajstić information content (AvgIpc) is 2.57. The van der Waals surface area contributed by atoms with Gasteiger partial charge in [0.25, 0.3) is 0 Å². The van der Waals surface area contributed by atoms with Crippen molar-refractivity contribution in [2.24, 2.45) is 0 Å². The number of halogens is 14. The molecule has 2 rings (SSSR count). The van der Waals surface area contributed by atoms with Gasteiger partial charge in [-0.25, -0.2) is 0 Å². The zero-order chi connectivity index (χ0) is 24.2. The van der Waals surface area contributed by atoms with Crippen LogP contribution in [0.4, 0.5) is 52.7 Å². The molecule has 2 aromatic rings. The molecule has 0 saturated carbocycles. The normalized spacial score (nSPS) is 14.1. The van der Waals surface area contributed by atoms with E-state index in [1.54, 1.807) is 0 Å². The summed E-state index contributed by atoms with van der Waals surface area (Å²) in [6.45, 7) is 0. The van der Waals surface area contributed by atoms with Crippen molar-refractivity contribution in [1.29, 1.82) is 0 Å². The third-order valence-corrected chi connectivity index (χ3v) is 15.7. The number of hydrogen-bond acceptors (Lipinski definition) is 0. The van der Waals surface area contributed by atoms with Gasteiger partial charge in [-0.1, -0.05) is 0 Å². The fourth-order valence-corrected chi connectivity index (χ4v) is 15.5. The third-order valence-electron chi connectivity index (χ3n) is 3.98. The quantitative estimate of drug-likeness (QED) is 0.258. The molecule has 0 unspecified atom stereocenters. The van der Waals surface area contributed by atoms with Crippen molar-refractivity contribution in [3.8, 4) is 0 Å². The van der Waals surface area contributed by atoms with Crippen molar-refractivity contribution in [1.82, 2.24) is 0 Å². The molecule has 0 aromatic heterocycles. The van der Waals surface area contributed by atoms with Crippen LogP contribution in [0.25, 0.3) is 0 Å². The first-order valence-corrected chi connectivity index (χ1v) is 17.7. The molecule has 15 heteroatoms. The van der Waals surface area contributed by atoms with Crippen LogP contribution in [0.1, 0.15) is 22.3 Å². The topological polar surface area (TPSA) is 0 Å². The average molecular weight is 616 g/mol. The van der Waals surface area contributed by atoms with Crippen LogP contribution < -0.4 is 7.16 Å². The van der Waals surface area contributed by atoms with E-state index < -0.39 is 70.2 Å². The molecule has 0 aliphatic carbocycles. The van der Waals surface area contributed by atoms with Crippen LogP contribution >= 0.6 is 17.8 Å². The van der Waals surface area contributed by atoms with Gasteiger partial charge in [-0.2, -0.15) is 0 Å². The van der Waals surface area contributed by atoms with Crippen molar-refractivity contribution in [2.45, 2.75) is 24.7 Å². The van der Waals surface area contributed by atoms with Crippen LogP contribution in [-0.2, 0) is 24.7 Å². The Morgan fingerprint density at radius 1 is 0.452 bits per heavy atom. The summed E-state index contributed by atoms with van der Waals surface area (Å²) in [6.07, 6.45) is -22.4. The molecule has 0 bridgehead atoms. The second-order valence-electron chi connectivity index (χ2n) is 6.02. The predicted octanol–water partition coefficient (Wildman–Crippen LogP) is 6.80. The molecule has 0 spiro atoms. The molecule has 0 nitrogen and oxygen atoms in total. The fourth-order valence-electron chi connectivity index (χ4n) is 2.85. The minimum atomic E-state index is -7.01. The van der Waals surface area contributed by atoms with Gasteiger partial charge in [0.05, 0.1) is 0 Å². The van der Waals surface area contributed by atoms with Gasteiger partial charge in [-0.3, -0.25) is 0 Å². The van der Waals surface area contributed by atoms with E-state index in [1.807, 2.05) is 0 Å². The summed E-state index contributed by atoms with van der Waals surface area (Å²) in [7, 11) is 11.6. The van der Waals surface area contributed by atoms with E-state index in [-0.39, 0.29) is 24.3 Å². The van der Waals surface area contributed by atoms with Crippen LogP contribution in [0.3, 0.4) is 0 Å². The number of alkyl halides is 12. The van der Waals surface area contributed by atoms with Gasteiger partial charge >= 0.3 is 177 Å². The van der Waals surface area contributed by atoms with Crippen LogP contribution in [0.5, 0.6) is 0 Å². The molecule has 172 valence electrons. The molecular weight excluding hydrogens is 610 g/mol. The van der Waals surface area contributed by atoms with Crippen LogP contribution in [0, 0.1) is 0 Å². The molecule has 0 amide bonds. The van der Waals surface area contributed by atoms with E-state index >= 15 is 0 Å². The van der Waals surface area contributed by atoms with Gasteiger partial charge < -0.3 is 0 Å². The monoisotopic (exact) mass is 616 g/mol. The van der Waals surface area contributed by atoms with Gasteiger partial charge in [-0.05, 0) is 0 Å². The van der Waals surface area contributed by atoms with Gasteiger partial charge in [0.15, 0.2) is 0 Å². The van der Waals surface area contributed by atoms with Gasteiger partial charge in [0.2, 0.25) is 0 Å². The SMILES string of the molecule is FC(F)(F)c1cccc(C(F)(F)F)[c]1[Sn]([Cl])([Cl])[c]1c(C(F)(F)F)cccc1C(F)(F)F. The Morgan fingerprint density at radius 2 is 0.645 bits per heavy atom. The first-order valence-electron chi connectivity index (χ1n) is 7.63. The van der Waals surface area contributed by atoms with E-state index in [0.717, 1.165) is 0 Å². The second kappa shape index (κ2) is 8.08. The Morgan fingerprint density at radius 3 is 0.806 bits per heavy atom. The molecule has 31 heavy (non-hydrogen) atoms. The Hall–Kier alpha value is -1.02. The van der Waals surface area contributed by atoms with Crippen LogP contribution in [-0.4, -0.2) is 16.1 Å². The molecule has 0 atom stereocenters. The van der Waals surface area contributed by atoms with E-state index in [1.165, 1.54) is 0 Å². The molecule has 2 aromatic carbocycles. The Balaban J connectivity index is 3.12. The molecule has 0 heterocycles. The van der Waals surface area contributed by atoms with Gasteiger partial charge in [-0.15, -0.1) is 0 Å². The fraction of sp³-hybridized carbons (Fsp3) is 0.250. The first-order chi connectivity index (χ1) is 13.7. The summed E-state index contributed by atoms with van der Waals surface area (Å²) in [5.74, 6) is 0. The van der Waals surface area contributed by atoms with E-state index in [2.05, 4.69) is 0 Å². The molecule has 0 radical (unpaired) electrons. The molecule has 0 aliphatic rings. The molecule has 0 aliphatic heterocycles. The van der Waals surface area contributed by atoms with Crippen LogP contribution in [0.15, 0.2) is 36.4 Å². The number of benzene rings is 2. The Bertz CT molecular complexity index is 829. The van der Waals surface area contributed by atoms with Crippen molar-refractivity contribution in [3.63, 3.8) is 0 Å². The zero-order valence-electron chi connectivity index (χ0n) is 14.3. The van der Waals surface area contributed by atoms with Crippen molar-refractivity contribution < 1.29 is 52.7 Å². The van der Waals surface area contributed by atoms with Gasteiger partial charge in [0.1, 0.15) is 0 Å². The van der Waals surface area contributed by atoms with E-state index in [0.29, 0.717) is 12.1 Å². The maximum atomic E-state index is 13.4. The molecule has 0 saturated heterocycles. The van der Waals surface area contributed by atoms with E-state index in [4.69, 9.17) is 17.8 Å². The van der Waals surface area contributed by atoms with E-state index in [9.17, 15) is 52.7 Å². The third kappa shape index (κ3) is 5.32. The zero-order valence-corrected chi connectivity index (χ0v) is 18.6. The van der Waals surface area contributed by atoms with Gasteiger partial charge in [0, 0.05) is 0 Å². The summed E-state index contributed by atoms with van der Waals surface area (Å²) >= 11 is -7.01. The Kier molecular flexibility index (Phi) is 6.84. The summed E-state index contributed by atoms with van der Waals surface area (Å²) in [5, 5.41) is 0. The first kappa shape index (κ1) is 26.2. The number of hydrogen-bond donors (Lipinski definition) is 0. The maximum absolute atomic E-state index is 13.4. The second-order valence-corrected chi connectivity index (χ2v) is 21.1. The minimum absolute atomic E-state index is 0.0600. The molecule has 0 fully saturated rings. The standard InChI is InChI=1S/2C8H3F6.2ClH.Sn/c2*9-7(10,11)5-2-1-3-6(4-5)8(12,13)14;;;/h2*1-3H;2*1H;/q;;;;+2/p-2. The summed E-state index contributed by atoms with van der Waals surface area (Å²) in [6, 6.07) is 0.834.